The first-order valence-corrected chi connectivity index (χ1v) is 5.56. The van der Waals surface area contributed by atoms with Crippen LogP contribution in [0.3, 0.4) is 0 Å². The van der Waals surface area contributed by atoms with Gasteiger partial charge >= 0.3 is 6.09 Å². The molecular weight excluding hydrogens is 226 g/mol. The van der Waals surface area contributed by atoms with E-state index in [9.17, 15) is 9.90 Å². The van der Waals surface area contributed by atoms with Gasteiger partial charge in [-0.05, 0) is 20.8 Å². The Balaban J connectivity index is 2.68. The minimum absolute atomic E-state index is 0.0108. The summed E-state index contributed by atoms with van der Waals surface area (Å²) in [5, 5.41) is 19.2. The fourth-order valence-corrected chi connectivity index (χ4v) is 1.78. The number of rotatable bonds is 2. The number of methoxy groups -OCH3 is 1. The zero-order valence-corrected chi connectivity index (χ0v) is 10.8. The van der Waals surface area contributed by atoms with Crippen LogP contribution >= 0.6 is 0 Å². The van der Waals surface area contributed by atoms with Gasteiger partial charge in [0.05, 0.1) is 19.7 Å². The molecule has 1 heterocycles. The van der Waals surface area contributed by atoms with E-state index in [-0.39, 0.29) is 13.1 Å². The zero-order chi connectivity index (χ0) is 13.3. The van der Waals surface area contributed by atoms with E-state index in [0.717, 1.165) is 0 Å². The minimum Gasteiger partial charge on any atom is -0.444 e. The lowest BCUT2D eigenvalue weighted by Crippen LogP contribution is -2.46. The van der Waals surface area contributed by atoms with Crippen molar-refractivity contribution in [2.45, 2.75) is 38.1 Å². The second kappa shape index (κ2) is 4.80. The molecule has 0 radical (unpaired) electrons. The van der Waals surface area contributed by atoms with Crippen molar-refractivity contribution in [2.24, 2.45) is 0 Å². The Hall–Kier alpha value is -0.850. The Morgan fingerprint density at radius 1 is 1.53 bits per heavy atom. The normalized spacial score (nSPS) is 29.5. The molecule has 100 valence electrons. The summed E-state index contributed by atoms with van der Waals surface area (Å²) in [4.78, 5) is 13.1. The molecule has 6 nitrogen and oxygen atoms in total. The van der Waals surface area contributed by atoms with Gasteiger partial charge in [0.15, 0.2) is 0 Å². The predicted molar refractivity (Wildman–Crippen MR) is 60.6 cm³/mol. The standard InChI is InChI=1S/C11H21NO5/c1-10(2,3)17-9(14)12-5-8(16-4)11(15,6-12)7-13/h8,13,15H,5-7H2,1-4H3/t8-,11+/m0/s1. The van der Waals surface area contributed by atoms with E-state index in [1.165, 1.54) is 12.0 Å². The number of ether oxygens (including phenoxy) is 2. The van der Waals surface area contributed by atoms with Crippen molar-refractivity contribution in [3.63, 3.8) is 0 Å². The molecule has 0 spiro atoms. The summed E-state index contributed by atoms with van der Waals surface area (Å²) in [6, 6.07) is 0. The summed E-state index contributed by atoms with van der Waals surface area (Å²) in [5.74, 6) is 0. The number of amides is 1. The van der Waals surface area contributed by atoms with E-state index < -0.39 is 30.0 Å². The van der Waals surface area contributed by atoms with Gasteiger partial charge in [0.25, 0.3) is 0 Å². The van der Waals surface area contributed by atoms with Gasteiger partial charge < -0.3 is 24.6 Å². The Bertz CT molecular complexity index is 288. The van der Waals surface area contributed by atoms with Crippen LogP contribution in [0, 0.1) is 0 Å². The number of likely N-dealkylation sites (tertiary alicyclic amines) is 1. The molecule has 1 fully saturated rings. The summed E-state index contributed by atoms with van der Waals surface area (Å²) in [7, 11) is 1.43. The SMILES string of the molecule is CO[C@H]1CN(C(=O)OC(C)(C)C)C[C@@]1(O)CO. The molecule has 17 heavy (non-hydrogen) atoms. The number of carbonyl (C=O) groups excluding carboxylic acids is 1. The third-order valence-corrected chi connectivity index (χ3v) is 2.66. The molecule has 1 amide bonds. The van der Waals surface area contributed by atoms with Crippen molar-refractivity contribution in [1.29, 1.82) is 0 Å². The minimum atomic E-state index is -1.41. The fraction of sp³-hybridized carbons (Fsp3) is 0.909. The van der Waals surface area contributed by atoms with Gasteiger partial charge in [0.1, 0.15) is 17.3 Å². The van der Waals surface area contributed by atoms with Crippen LogP contribution in [0.15, 0.2) is 0 Å². The van der Waals surface area contributed by atoms with Crippen LogP contribution in [0.25, 0.3) is 0 Å². The maximum atomic E-state index is 11.8. The van der Waals surface area contributed by atoms with Crippen molar-refractivity contribution < 1.29 is 24.5 Å². The van der Waals surface area contributed by atoms with Crippen LogP contribution in [0.4, 0.5) is 4.79 Å². The summed E-state index contributed by atoms with van der Waals surface area (Å²) in [5.41, 5.74) is -1.99. The second-order valence-corrected chi connectivity index (χ2v) is 5.35. The van der Waals surface area contributed by atoms with Crippen molar-refractivity contribution in [1.82, 2.24) is 4.90 Å². The molecule has 0 aromatic carbocycles. The van der Waals surface area contributed by atoms with Gasteiger partial charge in [0.2, 0.25) is 0 Å². The van der Waals surface area contributed by atoms with Crippen LogP contribution < -0.4 is 0 Å². The Labute approximate surface area is 101 Å². The van der Waals surface area contributed by atoms with Gasteiger partial charge in [-0.1, -0.05) is 0 Å². The first-order valence-electron chi connectivity index (χ1n) is 5.56. The highest BCUT2D eigenvalue weighted by Crippen LogP contribution is 2.25. The second-order valence-electron chi connectivity index (χ2n) is 5.35. The number of aliphatic hydroxyl groups excluding tert-OH is 1. The monoisotopic (exact) mass is 247 g/mol. The lowest BCUT2D eigenvalue weighted by molar-refractivity contribution is -0.0894. The first-order chi connectivity index (χ1) is 7.72. The molecule has 0 bridgehead atoms. The van der Waals surface area contributed by atoms with Crippen LogP contribution in [-0.2, 0) is 9.47 Å². The highest BCUT2D eigenvalue weighted by molar-refractivity contribution is 5.69. The fourth-order valence-electron chi connectivity index (χ4n) is 1.78. The van der Waals surface area contributed by atoms with Gasteiger partial charge in [-0.15, -0.1) is 0 Å². The maximum Gasteiger partial charge on any atom is 0.410 e. The van der Waals surface area contributed by atoms with Crippen molar-refractivity contribution in [2.75, 3.05) is 26.8 Å². The number of hydrogen-bond acceptors (Lipinski definition) is 5. The van der Waals surface area contributed by atoms with Crippen molar-refractivity contribution in [3.05, 3.63) is 0 Å². The number of aliphatic hydroxyl groups is 2. The third-order valence-electron chi connectivity index (χ3n) is 2.66. The molecule has 1 aliphatic rings. The van der Waals surface area contributed by atoms with E-state index in [4.69, 9.17) is 14.6 Å². The van der Waals surface area contributed by atoms with E-state index in [1.807, 2.05) is 0 Å². The number of nitrogens with zero attached hydrogens (tertiary/aromatic N) is 1. The van der Waals surface area contributed by atoms with Gasteiger partial charge in [0, 0.05) is 7.11 Å². The van der Waals surface area contributed by atoms with E-state index in [2.05, 4.69) is 0 Å². The van der Waals surface area contributed by atoms with Crippen molar-refractivity contribution in [3.8, 4) is 0 Å². The maximum absolute atomic E-state index is 11.8. The molecular formula is C11H21NO5. The lowest BCUT2D eigenvalue weighted by atomic mass is 10.0. The third kappa shape index (κ3) is 3.31. The summed E-state index contributed by atoms with van der Waals surface area (Å²) >= 11 is 0. The topological polar surface area (TPSA) is 79.2 Å². The molecule has 0 unspecified atom stereocenters. The van der Waals surface area contributed by atoms with Crippen molar-refractivity contribution >= 4 is 6.09 Å². The van der Waals surface area contributed by atoms with Gasteiger partial charge in [-0.25, -0.2) is 4.79 Å². The quantitative estimate of drug-likeness (QED) is 0.716. The molecule has 0 aromatic heterocycles. The predicted octanol–water partition coefficient (Wildman–Crippen LogP) is -0.0245. The number of hydrogen-bond donors (Lipinski definition) is 2. The molecule has 1 aliphatic heterocycles. The highest BCUT2D eigenvalue weighted by atomic mass is 16.6. The van der Waals surface area contributed by atoms with Crippen LogP contribution in [0.5, 0.6) is 0 Å². The molecule has 0 saturated carbocycles. The van der Waals surface area contributed by atoms with E-state index >= 15 is 0 Å². The van der Waals surface area contributed by atoms with Gasteiger partial charge in [-0.2, -0.15) is 0 Å². The molecule has 2 atom stereocenters. The Kier molecular flexibility index (Phi) is 4.01. The van der Waals surface area contributed by atoms with E-state index in [1.54, 1.807) is 20.8 Å². The molecule has 1 saturated heterocycles. The molecule has 6 heteroatoms. The molecule has 1 rings (SSSR count). The Morgan fingerprint density at radius 2 is 2.12 bits per heavy atom. The largest absolute Gasteiger partial charge is 0.444 e. The summed E-state index contributed by atoms with van der Waals surface area (Å²) in [6.45, 7) is 5.08. The summed E-state index contributed by atoms with van der Waals surface area (Å²) in [6.07, 6.45) is -1.11. The van der Waals surface area contributed by atoms with Crippen LogP contribution in [-0.4, -0.2) is 65.3 Å². The average Bonchev–Trinajstić information content (AvgIpc) is 2.54. The number of carbonyl (C=O) groups is 1. The highest BCUT2D eigenvalue weighted by Gasteiger charge is 2.47. The van der Waals surface area contributed by atoms with Gasteiger partial charge in [-0.3, -0.25) is 0 Å². The smallest absolute Gasteiger partial charge is 0.410 e. The van der Waals surface area contributed by atoms with E-state index in [0.29, 0.717) is 0 Å². The molecule has 0 aliphatic carbocycles. The summed E-state index contributed by atoms with van der Waals surface area (Å²) < 4.78 is 10.3. The van der Waals surface area contributed by atoms with Crippen LogP contribution in [0.2, 0.25) is 0 Å². The Morgan fingerprint density at radius 3 is 2.47 bits per heavy atom. The average molecular weight is 247 g/mol. The molecule has 0 aromatic rings. The molecule has 2 N–H and O–H groups in total. The lowest BCUT2D eigenvalue weighted by Gasteiger charge is -2.26. The number of β-amino-alcohol motifs (C(OH)–C–C–N with tert-alkyl or cyclic N) is 1. The van der Waals surface area contributed by atoms with Crippen LogP contribution in [0.1, 0.15) is 20.8 Å². The first kappa shape index (κ1) is 14.2. The zero-order valence-electron chi connectivity index (χ0n) is 10.8.